The molecular weight excluding hydrogens is 330 g/mol. The summed E-state index contributed by atoms with van der Waals surface area (Å²) in [6, 6.07) is 7.93. The van der Waals surface area contributed by atoms with Gasteiger partial charge < -0.3 is 9.64 Å². The Bertz CT molecular complexity index is 879. The van der Waals surface area contributed by atoms with Gasteiger partial charge in [-0.15, -0.1) is 0 Å². The Hall–Kier alpha value is -2.61. The summed E-state index contributed by atoms with van der Waals surface area (Å²) in [5, 5.41) is 0. The molecule has 0 fully saturated rings. The average Bonchev–Trinajstić information content (AvgIpc) is 2.98. The monoisotopic (exact) mass is 347 g/mol. The van der Waals surface area contributed by atoms with Crippen LogP contribution in [0.25, 0.3) is 0 Å². The van der Waals surface area contributed by atoms with Crippen molar-refractivity contribution in [1.82, 2.24) is 4.98 Å². The van der Waals surface area contributed by atoms with E-state index in [1.165, 1.54) is 26.3 Å². The number of amides is 1. The third-order valence-electron chi connectivity index (χ3n) is 3.83. The van der Waals surface area contributed by atoms with E-state index < -0.39 is 10.0 Å². The molecule has 0 saturated carbocycles. The number of carbonyl (C=O) groups excluding carboxylic acids is 1. The van der Waals surface area contributed by atoms with Gasteiger partial charge in [0.1, 0.15) is 0 Å². The maximum atomic E-state index is 12.5. The predicted octanol–water partition coefficient (Wildman–Crippen LogP) is 1.80. The van der Waals surface area contributed by atoms with Crippen molar-refractivity contribution in [2.24, 2.45) is 0 Å². The van der Waals surface area contributed by atoms with Gasteiger partial charge >= 0.3 is 0 Å². The number of methoxy groups -OCH3 is 1. The summed E-state index contributed by atoms with van der Waals surface area (Å²) in [6.45, 7) is 2.07. The Balaban J connectivity index is 1.86. The van der Waals surface area contributed by atoms with Crippen LogP contribution in [0.4, 0.5) is 11.4 Å². The van der Waals surface area contributed by atoms with Crippen LogP contribution in [0.5, 0.6) is 5.88 Å². The van der Waals surface area contributed by atoms with Crippen molar-refractivity contribution in [3.63, 3.8) is 0 Å². The van der Waals surface area contributed by atoms with Crippen LogP contribution in [-0.2, 0) is 21.2 Å². The maximum Gasteiger partial charge on any atom is 0.261 e. The fourth-order valence-electron chi connectivity index (χ4n) is 2.65. The van der Waals surface area contributed by atoms with E-state index in [4.69, 9.17) is 4.74 Å². The first kappa shape index (κ1) is 16.3. The zero-order valence-corrected chi connectivity index (χ0v) is 14.1. The van der Waals surface area contributed by atoms with E-state index in [1.807, 2.05) is 0 Å². The number of ether oxygens (including phenoxy) is 1. The lowest BCUT2D eigenvalue weighted by atomic mass is 10.2. The molecule has 0 radical (unpaired) electrons. The molecule has 1 amide bonds. The van der Waals surface area contributed by atoms with Crippen molar-refractivity contribution in [2.75, 3.05) is 23.3 Å². The standard InChI is InChI=1S/C16H17N3O4S/c1-11(20)19-8-7-12-9-14(4-5-15(12)19)24(21,22)18-13-3-6-16(23-2)17-10-13/h3-6,9-10,18H,7-8H2,1-2H3. The molecule has 2 heterocycles. The number of pyridine rings is 1. The summed E-state index contributed by atoms with van der Waals surface area (Å²) >= 11 is 0. The lowest BCUT2D eigenvalue weighted by Gasteiger charge is -2.15. The Kier molecular flexibility index (Phi) is 4.15. The first-order chi connectivity index (χ1) is 11.4. The van der Waals surface area contributed by atoms with Crippen LogP contribution < -0.4 is 14.4 Å². The van der Waals surface area contributed by atoms with E-state index in [0.717, 1.165) is 11.3 Å². The van der Waals surface area contributed by atoms with Crippen molar-refractivity contribution < 1.29 is 17.9 Å². The van der Waals surface area contributed by atoms with E-state index in [2.05, 4.69) is 9.71 Å². The van der Waals surface area contributed by atoms with Crippen LogP contribution in [0.3, 0.4) is 0 Å². The van der Waals surface area contributed by atoms with Gasteiger partial charge in [-0.05, 0) is 36.2 Å². The molecule has 0 saturated heterocycles. The van der Waals surface area contributed by atoms with Gasteiger partial charge in [0.15, 0.2) is 0 Å². The third kappa shape index (κ3) is 3.05. The van der Waals surface area contributed by atoms with Gasteiger partial charge in [0, 0.05) is 25.2 Å². The van der Waals surface area contributed by atoms with Gasteiger partial charge in [-0.25, -0.2) is 13.4 Å². The minimum absolute atomic E-state index is 0.0493. The molecule has 0 bridgehead atoms. The first-order valence-corrected chi connectivity index (χ1v) is 8.83. The molecule has 7 nitrogen and oxygen atoms in total. The minimum atomic E-state index is -3.73. The molecule has 1 aliphatic heterocycles. The van der Waals surface area contributed by atoms with E-state index in [0.29, 0.717) is 24.5 Å². The Morgan fingerprint density at radius 1 is 1.29 bits per heavy atom. The SMILES string of the molecule is COc1ccc(NS(=O)(=O)c2ccc3c(c2)CCN3C(C)=O)cn1. The van der Waals surface area contributed by atoms with Gasteiger partial charge in [-0.3, -0.25) is 9.52 Å². The summed E-state index contributed by atoms with van der Waals surface area (Å²) in [5.74, 6) is 0.353. The molecule has 1 aromatic carbocycles. The zero-order valence-electron chi connectivity index (χ0n) is 13.3. The molecule has 126 valence electrons. The van der Waals surface area contributed by atoms with Crippen molar-refractivity contribution in [2.45, 2.75) is 18.2 Å². The molecule has 2 aromatic rings. The van der Waals surface area contributed by atoms with Crippen molar-refractivity contribution in [1.29, 1.82) is 0 Å². The van der Waals surface area contributed by atoms with Crippen LogP contribution in [0, 0.1) is 0 Å². The molecule has 0 spiro atoms. The fraction of sp³-hybridized carbons (Fsp3) is 0.250. The Morgan fingerprint density at radius 2 is 2.08 bits per heavy atom. The maximum absolute atomic E-state index is 12.5. The highest BCUT2D eigenvalue weighted by atomic mass is 32.2. The normalized spacial score (nSPS) is 13.5. The summed E-state index contributed by atoms with van der Waals surface area (Å²) < 4.78 is 32.5. The molecule has 1 N–H and O–H groups in total. The quantitative estimate of drug-likeness (QED) is 0.911. The van der Waals surface area contributed by atoms with E-state index in [-0.39, 0.29) is 10.8 Å². The molecule has 0 unspecified atom stereocenters. The second-order valence-electron chi connectivity index (χ2n) is 5.41. The van der Waals surface area contributed by atoms with Gasteiger partial charge in [0.2, 0.25) is 11.8 Å². The number of rotatable bonds is 4. The molecular formula is C16H17N3O4S. The van der Waals surface area contributed by atoms with Crippen LogP contribution in [0.15, 0.2) is 41.4 Å². The van der Waals surface area contributed by atoms with E-state index >= 15 is 0 Å². The second-order valence-corrected chi connectivity index (χ2v) is 7.09. The smallest absolute Gasteiger partial charge is 0.261 e. The number of hydrogen-bond acceptors (Lipinski definition) is 5. The molecule has 0 atom stereocenters. The number of carbonyl (C=O) groups is 1. The van der Waals surface area contributed by atoms with Crippen LogP contribution in [0.2, 0.25) is 0 Å². The number of fused-ring (bicyclic) bond motifs is 1. The summed E-state index contributed by atoms with van der Waals surface area (Å²) in [6.07, 6.45) is 2.03. The van der Waals surface area contributed by atoms with Gasteiger partial charge in [0.05, 0.1) is 23.9 Å². The highest BCUT2D eigenvalue weighted by molar-refractivity contribution is 7.92. The Labute approximate surface area is 140 Å². The van der Waals surface area contributed by atoms with Crippen molar-refractivity contribution >= 4 is 27.3 Å². The van der Waals surface area contributed by atoms with E-state index in [1.54, 1.807) is 29.2 Å². The molecule has 24 heavy (non-hydrogen) atoms. The van der Waals surface area contributed by atoms with Crippen molar-refractivity contribution in [3.8, 4) is 5.88 Å². The summed E-state index contributed by atoms with van der Waals surface area (Å²) in [5.41, 5.74) is 1.97. The number of hydrogen-bond donors (Lipinski definition) is 1. The second kappa shape index (κ2) is 6.12. The van der Waals surface area contributed by atoms with Gasteiger partial charge in [-0.2, -0.15) is 0 Å². The lowest BCUT2D eigenvalue weighted by Crippen LogP contribution is -2.25. The summed E-state index contributed by atoms with van der Waals surface area (Å²) in [7, 11) is -2.24. The highest BCUT2D eigenvalue weighted by Gasteiger charge is 2.24. The number of nitrogens with one attached hydrogen (secondary N) is 1. The van der Waals surface area contributed by atoms with Crippen LogP contribution in [0.1, 0.15) is 12.5 Å². The van der Waals surface area contributed by atoms with E-state index in [9.17, 15) is 13.2 Å². The van der Waals surface area contributed by atoms with Gasteiger partial charge in [-0.1, -0.05) is 0 Å². The highest BCUT2D eigenvalue weighted by Crippen LogP contribution is 2.30. The predicted molar refractivity (Wildman–Crippen MR) is 89.8 cm³/mol. The molecule has 8 heteroatoms. The summed E-state index contributed by atoms with van der Waals surface area (Å²) in [4.78, 5) is 17.3. The zero-order chi connectivity index (χ0) is 17.3. The number of nitrogens with zero attached hydrogens (tertiary/aromatic N) is 2. The number of aromatic nitrogens is 1. The minimum Gasteiger partial charge on any atom is -0.481 e. The molecule has 1 aromatic heterocycles. The van der Waals surface area contributed by atoms with Crippen LogP contribution in [-0.4, -0.2) is 33.0 Å². The van der Waals surface area contributed by atoms with Crippen LogP contribution >= 0.6 is 0 Å². The molecule has 0 aliphatic carbocycles. The molecule has 1 aliphatic rings. The number of sulfonamides is 1. The largest absolute Gasteiger partial charge is 0.481 e. The lowest BCUT2D eigenvalue weighted by molar-refractivity contribution is -0.116. The fourth-order valence-corrected chi connectivity index (χ4v) is 3.74. The molecule has 3 rings (SSSR count). The van der Waals surface area contributed by atoms with Gasteiger partial charge in [0.25, 0.3) is 10.0 Å². The van der Waals surface area contributed by atoms with Crippen molar-refractivity contribution in [3.05, 3.63) is 42.1 Å². The topological polar surface area (TPSA) is 88.6 Å². The Morgan fingerprint density at radius 3 is 2.71 bits per heavy atom. The third-order valence-corrected chi connectivity index (χ3v) is 5.21. The first-order valence-electron chi connectivity index (χ1n) is 7.34. The average molecular weight is 347 g/mol. The number of benzene rings is 1. The number of anilines is 2.